The van der Waals surface area contributed by atoms with Gasteiger partial charge in [-0.15, -0.1) is 0 Å². The molecule has 0 aliphatic carbocycles. The van der Waals surface area contributed by atoms with Crippen LogP contribution in [0.25, 0.3) is 5.03 Å². The molecule has 0 N–H and O–H groups in total. The van der Waals surface area contributed by atoms with Gasteiger partial charge in [0.25, 0.3) is 0 Å². The van der Waals surface area contributed by atoms with Crippen molar-refractivity contribution in [3.63, 3.8) is 0 Å². The molecule has 0 aromatic heterocycles. The highest BCUT2D eigenvalue weighted by atomic mass is 35.5. The van der Waals surface area contributed by atoms with Gasteiger partial charge in [-0.25, -0.2) is 0 Å². The van der Waals surface area contributed by atoms with E-state index in [9.17, 15) is 4.79 Å². The molecular weight excluding hydrogens is 195 g/mol. The van der Waals surface area contributed by atoms with Crippen LogP contribution in [0.1, 0.15) is 5.56 Å². The summed E-state index contributed by atoms with van der Waals surface area (Å²) in [5, 5.41) is 0.899. The van der Waals surface area contributed by atoms with E-state index in [0.717, 1.165) is 0 Å². The Morgan fingerprint density at radius 2 is 2.00 bits per heavy atom. The van der Waals surface area contributed by atoms with Crippen molar-refractivity contribution >= 4 is 34.5 Å². The van der Waals surface area contributed by atoms with E-state index in [-0.39, 0.29) is 0 Å². The summed E-state index contributed by atoms with van der Waals surface area (Å²) in [7, 11) is 0. The van der Waals surface area contributed by atoms with Crippen molar-refractivity contribution in [2.24, 2.45) is 0 Å². The molecule has 12 heavy (non-hydrogen) atoms. The fourth-order valence-corrected chi connectivity index (χ4v) is 1.31. The Bertz CT molecular complexity index is 318. The number of hydrogen-bond donors (Lipinski definition) is 0. The molecule has 1 aromatic rings. The van der Waals surface area contributed by atoms with Gasteiger partial charge in [0.1, 0.15) is 6.29 Å². The molecule has 0 bridgehead atoms. The average molecular weight is 201 g/mol. The molecule has 0 aliphatic heterocycles. The van der Waals surface area contributed by atoms with Crippen LogP contribution in [0, 0.1) is 0 Å². The molecule has 0 fully saturated rings. The lowest BCUT2D eigenvalue weighted by atomic mass is 10.2. The number of hydrogen-bond acceptors (Lipinski definition) is 1. The maximum atomic E-state index is 10.1. The predicted octanol–water partition coefficient (Wildman–Crippen LogP) is 3.12. The van der Waals surface area contributed by atoms with Gasteiger partial charge in [0, 0.05) is 10.6 Å². The molecule has 0 saturated carbocycles. The van der Waals surface area contributed by atoms with Crippen LogP contribution in [0.3, 0.4) is 0 Å². The van der Waals surface area contributed by atoms with Crippen LogP contribution in [-0.2, 0) is 4.79 Å². The lowest BCUT2D eigenvalue weighted by Crippen LogP contribution is -1.78. The zero-order valence-corrected chi connectivity index (χ0v) is 7.64. The van der Waals surface area contributed by atoms with Gasteiger partial charge in [-0.05, 0) is 12.1 Å². The smallest absolute Gasteiger partial charge is 0.144 e. The van der Waals surface area contributed by atoms with Gasteiger partial charge < -0.3 is 0 Å². The SMILES string of the molecule is O=C/C=C(/Cl)c1ccccc1Cl. The Morgan fingerprint density at radius 3 is 2.58 bits per heavy atom. The summed E-state index contributed by atoms with van der Waals surface area (Å²) in [6, 6.07) is 7.09. The highest BCUT2D eigenvalue weighted by Gasteiger charge is 2.01. The van der Waals surface area contributed by atoms with E-state index in [1.54, 1.807) is 18.2 Å². The minimum atomic E-state index is 0.357. The molecular formula is C9H6Cl2O. The van der Waals surface area contributed by atoms with Gasteiger partial charge in [0.2, 0.25) is 0 Å². The van der Waals surface area contributed by atoms with E-state index < -0.39 is 0 Å². The van der Waals surface area contributed by atoms with Gasteiger partial charge in [-0.3, -0.25) is 4.79 Å². The van der Waals surface area contributed by atoms with Gasteiger partial charge in [0.05, 0.1) is 5.03 Å². The first-order valence-electron chi connectivity index (χ1n) is 3.31. The Hall–Kier alpha value is -0.790. The molecule has 3 heteroatoms. The number of halogens is 2. The first-order valence-corrected chi connectivity index (χ1v) is 4.07. The molecule has 1 aromatic carbocycles. The normalized spacial score (nSPS) is 11.3. The van der Waals surface area contributed by atoms with Gasteiger partial charge in [0.15, 0.2) is 0 Å². The molecule has 0 heterocycles. The fraction of sp³-hybridized carbons (Fsp3) is 0. The summed E-state index contributed by atoms with van der Waals surface area (Å²) >= 11 is 11.6. The second-order valence-corrected chi connectivity index (χ2v) is 2.94. The number of rotatable bonds is 2. The van der Waals surface area contributed by atoms with Crippen LogP contribution in [0.5, 0.6) is 0 Å². The molecule has 0 aliphatic rings. The molecule has 0 radical (unpaired) electrons. The van der Waals surface area contributed by atoms with Crippen LogP contribution in [-0.4, -0.2) is 6.29 Å². The van der Waals surface area contributed by atoms with Crippen molar-refractivity contribution in [1.29, 1.82) is 0 Å². The second kappa shape index (κ2) is 4.29. The molecule has 0 spiro atoms. The third kappa shape index (κ3) is 2.10. The van der Waals surface area contributed by atoms with E-state index in [2.05, 4.69) is 0 Å². The van der Waals surface area contributed by atoms with Crippen molar-refractivity contribution in [3.05, 3.63) is 40.9 Å². The van der Waals surface area contributed by atoms with Crippen LogP contribution < -0.4 is 0 Å². The summed E-state index contributed by atoms with van der Waals surface area (Å²) in [5.41, 5.74) is 0.674. The molecule has 1 nitrogen and oxygen atoms in total. The number of carbonyl (C=O) groups excluding carboxylic acids is 1. The highest BCUT2D eigenvalue weighted by Crippen LogP contribution is 2.25. The minimum Gasteiger partial charge on any atom is -0.299 e. The number of allylic oxidation sites excluding steroid dienone is 1. The van der Waals surface area contributed by atoms with Crippen molar-refractivity contribution in [1.82, 2.24) is 0 Å². The molecule has 62 valence electrons. The molecule has 0 saturated heterocycles. The first-order chi connectivity index (χ1) is 5.75. The summed E-state index contributed by atoms with van der Waals surface area (Å²) < 4.78 is 0. The summed E-state index contributed by atoms with van der Waals surface area (Å²) in [6.45, 7) is 0. The predicted molar refractivity (Wildman–Crippen MR) is 51.3 cm³/mol. The monoisotopic (exact) mass is 200 g/mol. The fourth-order valence-electron chi connectivity index (χ4n) is 0.804. The highest BCUT2D eigenvalue weighted by molar-refractivity contribution is 6.51. The Labute approximate surface area is 80.6 Å². The van der Waals surface area contributed by atoms with Crippen LogP contribution in [0.4, 0.5) is 0 Å². The summed E-state index contributed by atoms with van der Waals surface area (Å²) in [5.74, 6) is 0. The van der Waals surface area contributed by atoms with Gasteiger partial charge >= 0.3 is 0 Å². The lowest BCUT2D eigenvalue weighted by molar-refractivity contribution is -0.104. The zero-order chi connectivity index (χ0) is 8.97. The lowest BCUT2D eigenvalue weighted by Gasteiger charge is -1.99. The summed E-state index contributed by atoms with van der Waals surface area (Å²) in [6.07, 6.45) is 1.90. The summed E-state index contributed by atoms with van der Waals surface area (Å²) in [4.78, 5) is 10.1. The molecule has 1 rings (SSSR count). The Balaban J connectivity index is 3.10. The standard InChI is InChI=1S/C9H6Cl2O/c10-8-4-2-1-3-7(8)9(11)5-6-12/h1-6H/b9-5+. The van der Waals surface area contributed by atoms with E-state index in [1.807, 2.05) is 6.07 Å². The van der Waals surface area contributed by atoms with E-state index >= 15 is 0 Å². The number of benzene rings is 1. The van der Waals surface area contributed by atoms with Crippen LogP contribution in [0.15, 0.2) is 30.3 Å². The minimum absolute atomic E-state index is 0.357. The van der Waals surface area contributed by atoms with Crippen molar-refractivity contribution in [2.75, 3.05) is 0 Å². The van der Waals surface area contributed by atoms with Crippen LogP contribution >= 0.6 is 23.2 Å². The number of carbonyl (C=O) groups is 1. The van der Waals surface area contributed by atoms with Gasteiger partial charge in [-0.2, -0.15) is 0 Å². The maximum absolute atomic E-state index is 10.1. The molecule has 0 amide bonds. The third-order valence-electron chi connectivity index (χ3n) is 1.35. The zero-order valence-electron chi connectivity index (χ0n) is 6.13. The first kappa shape index (κ1) is 9.30. The topological polar surface area (TPSA) is 17.1 Å². The Morgan fingerprint density at radius 1 is 1.33 bits per heavy atom. The van der Waals surface area contributed by atoms with E-state index in [1.165, 1.54) is 6.08 Å². The van der Waals surface area contributed by atoms with E-state index in [4.69, 9.17) is 23.2 Å². The maximum Gasteiger partial charge on any atom is 0.144 e. The molecule has 0 unspecified atom stereocenters. The Kier molecular flexibility index (Phi) is 3.32. The average Bonchev–Trinajstić information content (AvgIpc) is 2.05. The quantitative estimate of drug-likeness (QED) is 0.530. The van der Waals surface area contributed by atoms with Crippen molar-refractivity contribution in [3.8, 4) is 0 Å². The number of aldehydes is 1. The largest absolute Gasteiger partial charge is 0.299 e. The van der Waals surface area contributed by atoms with Crippen molar-refractivity contribution < 1.29 is 4.79 Å². The molecule has 0 atom stereocenters. The van der Waals surface area contributed by atoms with Crippen molar-refractivity contribution in [2.45, 2.75) is 0 Å². The van der Waals surface area contributed by atoms with E-state index in [0.29, 0.717) is 21.9 Å². The van der Waals surface area contributed by atoms with Gasteiger partial charge in [-0.1, -0.05) is 41.4 Å². The third-order valence-corrected chi connectivity index (χ3v) is 2.00. The van der Waals surface area contributed by atoms with Crippen LogP contribution in [0.2, 0.25) is 5.02 Å². The second-order valence-electron chi connectivity index (χ2n) is 2.13.